The van der Waals surface area contributed by atoms with E-state index in [2.05, 4.69) is 16.6 Å². The van der Waals surface area contributed by atoms with Crippen molar-refractivity contribution in [2.24, 2.45) is 0 Å². The fourth-order valence-corrected chi connectivity index (χ4v) is 4.13. The van der Waals surface area contributed by atoms with Gasteiger partial charge in [-0.15, -0.1) is 6.42 Å². The van der Waals surface area contributed by atoms with Crippen LogP contribution >= 0.6 is 0 Å². The van der Waals surface area contributed by atoms with Gasteiger partial charge in [-0.05, 0) is 69.0 Å². The highest BCUT2D eigenvalue weighted by Gasteiger charge is 2.36. The van der Waals surface area contributed by atoms with Gasteiger partial charge in [0.1, 0.15) is 23.4 Å². The molecule has 0 aliphatic rings. The minimum Gasteiger partial charge on any atom is -0.508 e. The molecule has 0 saturated heterocycles. The quantitative estimate of drug-likeness (QED) is 0.238. The van der Waals surface area contributed by atoms with E-state index >= 15 is 0 Å². The summed E-state index contributed by atoms with van der Waals surface area (Å²) in [6, 6.07) is 11.5. The molecule has 8 nitrogen and oxygen atoms in total. The fraction of sp³-hybridized carbons (Fsp3) is 0.469. The number of phenols is 1. The second-order valence-electron chi connectivity index (χ2n) is 10.8. The molecule has 0 spiro atoms. The number of hydrogen-bond donors (Lipinski definition) is 3. The Bertz CT molecular complexity index is 1150. The van der Waals surface area contributed by atoms with Crippen molar-refractivity contribution in [3.63, 3.8) is 0 Å². The van der Waals surface area contributed by atoms with Crippen LogP contribution in [0.2, 0.25) is 0 Å². The van der Waals surface area contributed by atoms with Gasteiger partial charge in [-0.2, -0.15) is 0 Å². The van der Waals surface area contributed by atoms with Crippen LogP contribution in [-0.4, -0.2) is 52.6 Å². The minimum atomic E-state index is -1.02. The van der Waals surface area contributed by atoms with E-state index in [0.717, 1.165) is 24.8 Å². The van der Waals surface area contributed by atoms with E-state index in [9.17, 15) is 19.5 Å². The number of carbonyl (C=O) groups excluding carboxylic acids is 3. The molecular weight excluding hydrogens is 506 g/mol. The maximum Gasteiger partial charge on any atom is 0.408 e. The molecule has 3 N–H and O–H groups in total. The third-order valence-corrected chi connectivity index (χ3v) is 6.18. The SMILES string of the molecule is C#Cc1ccc(C(C(=O)NCCCC)N(CCCC)C(=O)C(Cc2ccc(O)cc2)NC(=O)OC(C)(C)C)cc1. The zero-order valence-electron chi connectivity index (χ0n) is 24.3. The largest absolute Gasteiger partial charge is 0.508 e. The van der Waals surface area contributed by atoms with Crippen LogP contribution in [-0.2, 0) is 20.7 Å². The number of amides is 3. The van der Waals surface area contributed by atoms with Crippen molar-refractivity contribution in [1.82, 2.24) is 15.5 Å². The predicted molar refractivity (Wildman–Crippen MR) is 157 cm³/mol. The number of terminal acetylenes is 1. The van der Waals surface area contributed by atoms with Crippen LogP contribution in [0.4, 0.5) is 4.79 Å². The number of carbonyl (C=O) groups is 3. The van der Waals surface area contributed by atoms with Crippen molar-refractivity contribution >= 4 is 17.9 Å². The molecule has 2 aromatic rings. The van der Waals surface area contributed by atoms with Gasteiger partial charge in [0.05, 0.1) is 0 Å². The fourth-order valence-electron chi connectivity index (χ4n) is 4.13. The summed E-state index contributed by atoms with van der Waals surface area (Å²) in [5, 5.41) is 15.4. The zero-order chi connectivity index (χ0) is 29.7. The van der Waals surface area contributed by atoms with Gasteiger partial charge in [0.2, 0.25) is 11.8 Å². The van der Waals surface area contributed by atoms with Crippen LogP contribution in [0, 0.1) is 12.3 Å². The molecule has 0 aliphatic carbocycles. The third-order valence-electron chi connectivity index (χ3n) is 6.18. The minimum absolute atomic E-state index is 0.0931. The van der Waals surface area contributed by atoms with Crippen LogP contribution in [0.5, 0.6) is 5.75 Å². The van der Waals surface area contributed by atoms with E-state index < -0.39 is 29.7 Å². The molecule has 40 heavy (non-hydrogen) atoms. The molecule has 0 fully saturated rings. The summed E-state index contributed by atoms with van der Waals surface area (Å²) >= 11 is 0. The summed E-state index contributed by atoms with van der Waals surface area (Å²) in [4.78, 5) is 42.3. The number of benzene rings is 2. The first kappa shape index (κ1) is 32.2. The van der Waals surface area contributed by atoms with Crippen molar-refractivity contribution in [1.29, 1.82) is 0 Å². The maximum atomic E-state index is 14.3. The Morgan fingerprint density at radius 3 is 2.17 bits per heavy atom. The molecule has 0 aliphatic heterocycles. The molecular formula is C32H43N3O5. The smallest absolute Gasteiger partial charge is 0.408 e. The van der Waals surface area contributed by atoms with Crippen molar-refractivity contribution in [3.8, 4) is 18.1 Å². The Kier molecular flexibility index (Phi) is 12.5. The molecule has 8 heteroatoms. The first-order chi connectivity index (χ1) is 19.0. The van der Waals surface area contributed by atoms with Gasteiger partial charge in [-0.3, -0.25) is 9.59 Å². The number of aromatic hydroxyl groups is 1. The van der Waals surface area contributed by atoms with Gasteiger partial charge in [0.15, 0.2) is 0 Å². The Labute approximate surface area is 238 Å². The highest BCUT2D eigenvalue weighted by molar-refractivity contribution is 5.92. The Hall–Kier alpha value is -3.99. The Morgan fingerprint density at radius 1 is 1.00 bits per heavy atom. The number of phenolic OH excluding ortho intramolecular Hbond substituents is 1. The first-order valence-electron chi connectivity index (χ1n) is 13.9. The molecule has 0 heterocycles. The van der Waals surface area contributed by atoms with Crippen molar-refractivity contribution in [3.05, 3.63) is 65.2 Å². The number of hydrogen-bond acceptors (Lipinski definition) is 5. The number of unbranched alkanes of at least 4 members (excludes halogenated alkanes) is 2. The second kappa shape index (κ2) is 15.6. The summed E-state index contributed by atoms with van der Waals surface area (Å²) in [7, 11) is 0. The highest BCUT2D eigenvalue weighted by Crippen LogP contribution is 2.25. The number of rotatable bonds is 13. The number of alkyl carbamates (subject to hydrolysis) is 1. The molecule has 2 aromatic carbocycles. The molecule has 2 rings (SSSR count). The van der Waals surface area contributed by atoms with Crippen LogP contribution in [0.25, 0.3) is 0 Å². The molecule has 0 saturated carbocycles. The van der Waals surface area contributed by atoms with E-state index in [1.165, 1.54) is 17.0 Å². The maximum absolute atomic E-state index is 14.3. The normalized spacial score (nSPS) is 12.5. The lowest BCUT2D eigenvalue weighted by Crippen LogP contribution is -2.54. The zero-order valence-corrected chi connectivity index (χ0v) is 24.3. The standard InChI is InChI=1S/C32H43N3O5/c1-7-10-20-33-29(37)28(25-16-12-23(9-3)13-17-25)35(21-11-8-2)30(38)27(34-31(39)40-32(4,5)6)22-24-14-18-26(36)19-15-24/h3,12-19,27-28,36H,7-8,10-11,20-22H2,1-2,4-6H3,(H,33,37)(H,34,39). The third kappa shape index (κ3) is 10.3. The van der Waals surface area contributed by atoms with Gasteiger partial charge in [0, 0.05) is 25.1 Å². The summed E-state index contributed by atoms with van der Waals surface area (Å²) in [5.41, 5.74) is 1.25. The number of nitrogens with zero attached hydrogens (tertiary/aromatic N) is 1. The summed E-state index contributed by atoms with van der Waals surface area (Å²) in [6.45, 7) is 10.1. The molecule has 3 amide bonds. The van der Waals surface area contributed by atoms with Crippen LogP contribution in [0.1, 0.15) is 83.0 Å². The van der Waals surface area contributed by atoms with E-state index in [1.807, 2.05) is 13.8 Å². The molecule has 2 unspecified atom stereocenters. The van der Waals surface area contributed by atoms with E-state index in [0.29, 0.717) is 30.6 Å². The summed E-state index contributed by atoms with van der Waals surface area (Å²) < 4.78 is 5.46. The van der Waals surface area contributed by atoms with Gasteiger partial charge in [-0.1, -0.05) is 56.9 Å². The molecule has 216 valence electrons. The Morgan fingerprint density at radius 2 is 1.62 bits per heavy atom. The number of nitrogens with one attached hydrogen (secondary N) is 2. The van der Waals surface area contributed by atoms with E-state index in [1.54, 1.807) is 57.2 Å². The molecule has 0 aromatic heterocycles. The lowest BCUT2D eigenvalue weighted by atomic mass is 9.99. The molecule has 2 atom stereocenters. The van der Waals surface area contributed by atoms with Gasteiger partial charge >= 0.3 is 6.09 Å². The second-order valence-corrected chi connectivity index (χ2v) is 10.8. The summed E-state index contributed by atoms with van der Waals surface area (Å²) in [6.07, 6.45) is 8.12. The van der Waals surface area contributed by atoms with Gasteiger partial charge in [0.25, 0.3) is 0 Å². The average molecular weight is 550 g/mol. The first-order valence-corrected chi connectivity index (χ1v) is 13.9. The van der Waals surface area contributed by atoms with Crippen LogP contribution in [0.3, 0.4) is 0 Å². The lowest BCUT2D eigenvalue weighted by Gasteiger charge is -2.34. The Balaban J connectivity index is 2.53. The van der Waals surface area contributed by atoms with E-state index in [-0.39, 0.29) is 18.1 Å². The van der Waals surface area contributed by atoms with E-state index in [4.69, 9.17) is 11.2 Å². The molecule has 0 radical (unpaired) electrons. The van der Waals surface area contributed by atoms with Gasteiger partial charge < -0.3 is 25.4 Å². The predicted octanol–water partition coefficient (Wildman–Crippen LogP) is 5.10. The summed E-state index contributed by atoms with van der Waals surface area (Å²) in [5.74, 6) is 1.96. The monoisotopic (exact) mass is 549 g/mol. The molecule has 0 bridgehead atoms. The van der Waals surface area contributed by atoms with Crippen LogP contribution in [0.15, 0.2) is 48.5 Å². The van der Waals surface area contributed by atoms with Crippen molar-refractivity contribution in [2.75, 3.05) is 13.1 Å². The number of ether oxygens (including phenoxy) is 1. The lowest BCUT2D eigenvalue weighted by molar-refractivity contribution is -0.142. The van der Waals surface area contributed by atoms with Crippen LogP contribution < -0.4 is 10.6 Å². The average Bonchev–Trinajstić information content (AvgIpc) is 2.90. The van der Waals surface area contributed by atoms with Gasteiger partial charge in [-0.25, -0.2) is 4.79 Å². The topological polar surface area (TPSA) is 108 Å². The highest BCUT2D eigenvalue weighted by atomic mass is 16.6. The van der Waals surface area contributed by atoms with Crippen molar-refractivity contribution < 1.29 is 24.2 Å². The van der Waals surface area contributed by atoms with Crippen molar-refractivity contribution in [2.45, 2.75) is 84.4 Å².